The van der Waals surface area contributed by atoms with Crippen molar-refractivity contribution in [3.05, 3.63) is 45.8 Å². The van der Waals surface area contributed by atoms with E-state index in [-0.39, 0.29) is 11.9 Å². The van der Waals surface area contributed by atoms with Crippen LogP contribution in [0.1, 0.15) is 38.1 Å². The normalized spacial score (nSPS) is 14.0. The molecule has 138 valence electrons. The third kappa shape index (κ3) is 3.79. The molecule has 26 heavy (non-hydrogen) atoms. The fourth-order valence-corrected chi connectivity index (χ4v) is 4.95. The number of hydrogen-bond acceptors (Lipinski definition) is 6. The van der Waals surface area contributed by atoms with Gasteiger partial charge >= 0.3 is 5.97 Å². The number of nitrogens with one attached hydrogen (secondary N) is 1. The Morgan fingerprint density at radius 3 is 2.85 bits per heavy atom. The van der Waals surface area contributed by atoms with E-state index in [9.17, 15) is 9.59 Å². The van der Waals surface area contributed by atoms with Gasteiger partial charge < -0.3 is 15.0 Å². The second kappa shape index (κ2) is 8.24. The first kappa shape index (κ1) is 18.9. The van der Waals surface area contributed by atoms with Crippen molar-refractivity contribution in [2.75, 3.05) is 31.8 Å². The Labute approximate surface area is 161 Å². The number of thioether (sulfide) groups is 1. The van der Waals surface area contributed by atoms with Gasteiger partial charge in [-0.25, -0.2) is 4.79 Å². The molecule has 1 aromatic heterocycles. The first-order chi connectivity index (χ1) is 12.5. The van der Waals surface area contributed by atoms with E-state index >= 15 is 0 Å². The minimum Gasteiger partial charge on any atom is -0.462 e. The average Bonchev–Trinajstić information content (AvgIpc) is 2.98. The number of carbonyl (C=O) groups is 2. The lowest BCUT2D eigenvalue weighted by atomic mass is 10.0. The zero-order valence-electron chi connectivity index (χ0n) is 15.1. The van der Waals surface area contributed by atoms with Gasteiger partial charge in [-0.1, -0.05) is 12.1 Å². The summed E-state index contributed by atoms with van der Waals surface area (Å²) in [5.41, 5.74) is 2.15. The van der Waals surface area contributed by atoms with Gasteiger partial charge in [-0.05, 0) is 44.3 Å². The summed E-state index contributed by atoms with van der Waals surface area (Å²) in [5, 5.41) is 3.55. The Bertz CT molecular complexity index is 832. The van der Waals surface area contributed by atoms with E-state index in [1.54, 1.807) is 13.0 Å². The van der Waals surface area contributed by atoms with Gasteiger partial charge in [-0.2, -0.15) is 0 Å². The van der Waals surface area contributed by atoms with Gasteiger partial charge in [-0.15, -0.1) is 23.1 Å². The molecule has 0 fully saturated rings. The van der Waals surface area contributed by atoms with E-state index in [1.165, 1.54) is 23.1 Å². The molecular formula is C19H22N2O3S2. The Balaban J connectivity index is 1.96. The van der Waals surface area contributed by atoms with Crippen LogP contribution in [0.2, 0.25) is 0 Å². The van der Waals surface area contributed by atoms with Crippen LogP contribution in [-0.4, -0.2) is 43.2 Å². The van der Waals surface area contributed by atoms with Gasteiger partial charge in [0, 0.05) is 22.9 Å². The molecule has 0 atom stereocenters. The predicted molar refractivity (Wildman–Crippen MR) is 106 cm³/mol. The average molecular weight is 391 g/mol. The summed E-state index contributed by atoms with van der Waals surface area (Å²) in [6, 6.07) is 7.47. The quantitative estimate of drug-likeness (QED) is 0.620. The summed E-state index contributed by atoms with van der Waals surface area (Å²) >= 11 is 3.00. The van der Waals surface area contributed by atoms with Crippen molar-refractivity contribution in [1.29, 1.82) is 0 Å². The fraction of sp³-hybridized carbons (Fsp3) is 0.368. The van der Waals surface area contributed by atoms with E-state index < -0.39 is 0 Å². The summed E-state index contributed by atoms with van der Waals surface area (Å²) in [5.74, 6) is -0.560. The van der Waals surface area contributed by atoms with Crippen LogP contribution in [0.15, 0.2) is 29.2 Å². The van der Waals surface area contributed by atoms with E-state index in [0.717, 1.165) is 34.8 Å². The van der Waals surface area contributed by atoms with Crippen LogP contribution in [-0.2, 0) is 17.7 Å². The zero-order chi connectivity index (χ0) is 18.7. The monoisotopic (exact) mass is 390 g/mol. The molecule has 1 aliphatic heterocycles. The van der Waals surface area contributed by atoms with Gasteiger partial charge in [0.05, 0.1) is 17.7 Å². The van der Waals surface area contributed by atoms with E-state index in [0.29, 0.717) is 22.7 Å². The molecule has 7 heteroatoms. The van der Waals surface area contributed by atoms with Crippen molar-refractivity contribution >= 4 is 40.0 Å². The van der Waals surface area contributed by atoms with Crippen molar-refractivity contribution in [3.63, 3.8) is 0 Å². The highest BCUT2D eigenvalue weighted by Gasteiger charge is 2.29. The number of anilines is 1. The summed E-state index contributed by atoms with van der Waals surface area (Å²) < 4.78 is 5.25. The summed E-state index contributed by atoms with van der Waals surface area (Å²) in [4.78, 5) is 29.6. The van der Waals surface area contributed by atoms with Crippen LogP contribution in [0.3, 0.4) is 0 Å². The third-order valence-electron chi connectivity index (χ3n) is 4.31. The standard InChI is InChI=1S/C19H22N2O3S2/c1-4-24-19(23)16-12-9-10-21(2)11-15(12)26-18(16)20-17(22)13-7-5-6-8-14(13)25-3/h5-8H,4,9-11H2,1-3H3,(H,20,22). The van der Waals surface area contributed by atoms with Crippen molar-refractivity contribution in [2.45, 2.75) is 24.8 Å². The second-order valence-corrected chi connectivity index (χ2v) is 8.02. The number of nitrogens with zero attached hydrogens (tertiary/aromatic N) is 1. The van der Waals surface area contributed by atoms with Crippen LogP contribution in [0, 0.1) is 0 Å². The minimum atomic E-state index is -0.358. The first-order valence-electron chi connectivity index (χ1n) is 8.49. The molecule has 1 amide bonds. The predicted octanol–water partition coefficient (Wildman–Crippen LogP) is 3.89. The van der Waals surface area contributed by atoms with Gasteiger partial charge in [0.2, 0.25) is 0 Å². The van der Waals surface area contributed by atoms with E-state index in [2.05, 4.69) is 17.3 Å². The molecule has 0 spiro atoms. The smallest absolute Gasteiger partial charge is 0.341 e. The van der Waals surface area contributed by atoms with Crippen LogP contribution < -0.4 is 5.32 Å². The summed E-state index contributed by atoms with van der Waals surface area (Å²) in [6.45, 7) is 3.77. The maximum absolute atomic E-state index is 12.8. The van der Waals surface area contributed by atoms with Crippen molar-refractivity contribution in [1.82, 2.24) is 4.90 Å². The van der Waals surface area contributed by atoms with E-state index in [1.807, 2.05) is 24.5 Å². The SMILES string of the molecule is CCOC(=O)c1c(NC(=O)c2ccccc2SC)sc2c1CCN(C)C2. The lowest BCUT2D eigenvalue weighted by Crippen LogP contribution is -2.26. The number of hydrogen-bond donors (Lipinski definition) is 1. The number of esters is 1. The van der Waals surface area contributed by atoms with Crippen molar-refractivity contribution in [2.24, 2.45) is 0 Å². The third-order valence-corrected chi connectivity index (χ3v) is 6.23. The molecule has 1 N–H and O–H groups in total. The van der Waals surface area contributed by atoms with Crippen LogP contribution in [0.25, 0.3) is 0 Å². The Morgan fingerprint density at radius 1 is 1.35 bits per heavy atom. The van der Waals surface area contributed by atoms with Crippen LogP contribution in [0.4, 0.5) is 5.00 Å². The summed E-state index contributed by atoms with van der Waals surface area (Å²) in [6.07, 6.45) is 2.73. The Hall–Kier alpha value is -1.83. The van der Waals surface area contributed by atoms with Crippen LogP contribution >= 0.6 is 23.1 Å². The lowest BCUT2D eigenvalue weighted by molar-refractivity contribution is 0.0526. The Kier molecular flexibility index (Phi) is 6.01. The number of amides is 1. The van der Waals surface area contributed by atoms with Gasteiger partial charge in [0.25, 0.3) is 5.91 Å². The molecule has 2 heterocycles. The number of rotatable bonds is 5. The molecule has 0 saturated carbocycles. The maximum atomic E-state index is 12.8. The topological polar surface area (TPSA) is 58.6 Å². The molecule has 0 bridgehead atoms. The molecule has 0 radical (unpaired) electrons. The van der Waals surface area contributed by atoms with Crippen LogP contribution in [0.5, 0.6) is 0 Å². The van der Waals surface area contributed by atoms with E-state index in [4.69, 9.17) is 4.74 Å². The molecular weight excluding hydrogens is 368 g/mol. The molecule has 3 rings (SSSR count). The molecule has 2 aromatic rings. The number of carbonyl (C=O) groups excluding carboxylic acids is 2. The summed E-state index contributed by atoms with van der Waals surface area (Å²) in [7, 11) is 2.06. The van der Waals surface area contributed by atoms with Gasteiger partial charge in [0.15, 0.2) is 0 Å². The molecule has 5 nitrogen and oxygen atoms in total. The number of benzene rings is 1. The van der Waals surface area contributed by atoms with Crippen molar-refractivity contribution < 1.29 is 14.3 Å². The number of thiophene rings is 1. The maximum Gasteiger partial charge on any atom is 0.341 e. The molecule has 1 aromatic carbocycles. The number of fused-ring (bicyclic) bond motifs is 1. The first-order valence-corrected chi connectivity index (χ1v) is 10.5. The molecule has 0 aliphatic carbocycles. The van der Waals surface area contributed by atoms with Gasteiger partial charge in [-0.3, -0.25) is 4.79 Å². The highest BCUT2D eigenvalue weighted by Crippen LogP contribution is 2.38. The highest BCUT2D eigenvalue weighted by atomic mass is 32.2. The minimum absolute atomic E-state index is 0.201. The number of likely N-dealkylation sites (N-methyl/N-ethyl adjacent to an activating group) is 1. The molecule has 0 unspecified atom stereocenters. The second-order valence-electron chi connectivity index (χ2n) is 6.07. The molecule has 1 aliphatic rings. The number of ether oxygens (including phenoxy) is 1. The fourth-order valence-electron chi connectivity index (χ4n) is 3.04. The largest absolute Gasteiger partial charge is 0.462 e. The lowest BCUT2D eigenvalue weighted by Gasteiger charge is -2.22. The highest BCUT2D eigenvalue weighted by molar-refractivity contribution is 7.98. The Morgan fingerprint density at radius 2 is 2.12 bits per heavy atom. The zero-order valence-corrected chi connectivity index (χ0v) is 16.8. The molecule has 0 saturated heterocycles. The van der Waals surface area contributed by atoms with Crippen molar-refractivity contribution in [3.8, 4) is 0 Å². The van der Waals surface area contributed by atoms with Gasteiger partial charge in [0.1, 0.15) is 5.00 Å².